The zero-order valence-electron chi connectivity index (χ0n) is 11.7. The highest BCUT2D eigenvalue weighted by molar-refractivity contribution is 7.98. The lowest BCUT2D eigenvalue weighted by Gasteiger charge is -2.15. The number of thioether (sulfide) groups is 1. The summed E-state index contributed by atoms with van der Waals surface area (Å²) in [7, 11) is 1.59. The monoisotopic (exact) mass is 320 g/mol. The lowest BCUT2D eigenvalue weighted by Crippen LogP contribution is -2.23. The Hall–Kier alpha value is -2.22. The molecule has 0 saturated heterocycles. The number of carbonyl (C=O) groups excluding carboxylic acids is 1. The number of aromatic carboxylic acids is 1. The van der Waals surface area contributed by atoms with Crippen LogP contribution in [0.25, 0.3) is 0 Å². The van der Waals surface area contributed by atoms with E-state index in [1.807, 2.05) is 24.3 Å². The number of carboxylic acids is 1. The highest BCUT2D eigenvalue weighted by atomic mass is 32.2. The zero-order chi connectivity index (χ0) is 16.1. The second-order valence-corrected chi connectivity index (χ2v) is 5.43. The third-order valence-corrected chi connectivity index (χ3v) is 4.05. The second kappa shape index (κ2) is 7.17. The molecule has 0 unspecified atom stereocenters. The Kier molecular flexibility index (Phi) is 5.26. The molecule has 0 amide bonds. The fraction of sp³-hybridized carbons (Fsp3) is 0.133. The highest BCUT2D eigenvalue weighted by Gasteiger charge is 2.10. The number of methoxy groups -OCH3 is 1. The van der Waals surface area contributed by atoms with E-state index in [1.165, 1.54) is 23.9 Å². The van der Waals surface area contributed by atoms with E-state index in [0.29, 0.717) is 11.3 Å². The molecule has 0 heterocycles. The van der Waals surface area contributed by atoms with Crippen molar-refractivity contribution in [3.05, 3.63) is 53.6 Å². The Morgan fingerprint density at radius 1 is 1.23 bits per heavy atom. The van der Waals surface area contributed by atoms with Gasteiger partial charge in [-0.25, -0.2) is 0 Å². The van der Waals surface area contributed by atoms with Crippen LogP contribution in [0.3, 0.4) is 0 Å². The van der Waals surface area contributed by atoms with Crippen molar-refractivity contribution in [2.75, 3.05) is 12.3 Å². The Morgan fingerprint density at radius 3 is 2.45 bits per heavy atom. The number of hydrogen-bond acceptors (Lipinski definition) is 7. The average molecular weight is 320 g/mol. The SMILES string of the molecule is COc1ccc(SCc2ccc(C(=O)[O-])cc2N(O)O)cc1. The summed E-state index contributed by atoms with van der Waals surface area (Å²) in [5.41, 5.74) is 0.458. The van der Waals surface area contributed by atoms with E-state index in [1.54, 1.807) is 7.11 Å². The molecule has 22 heavy (non-hydrogen) atoms. The summed E-state index contributed by atoms with van der Waals surface area (Å²) in [6, 6.07) is 11.5. The molecule has 0 aromatic heterocycles. The van der Waals surface area contributed by atoms with Crippen molar-refractivity contribution < 1.29 is 25.1 Å². The van der Waals surface area contributed by atoms with Crippen LogP contribution in [0.1, 0.15) is 15.9 Å². The molecule has 0 radical (unpaired) electrons. The molecule has 2 N–H and O–H groups in total. The Balaban J connectivity index is 2.15. The molecule has 0 atom stereocenters. The number of anilines is 1. The molecular formula is C15H14NO5S-. The van der Waals surface area contributed by atoms with Crippen molar-refractivity contribution in [2.45, 2.75) is 10.6 Å². The molecular weight excluding hydrogens is 306 g/mol. The van der Waals surface area contributed by atoms with E-state index in [0.717, 1.165) is 16.7 Å². The predicted molar refractivity (Wildman–Crippen MR) is 79.4 cm³/mol. The van der Waals surface area contributed by atoms with Crippen molar-refractivity contribution in [1.29, 1.82) is 0 Å². The lowest BCUT2D eigenvalue weighted by molar-refractivity contribution is -0.255. The highest BCUT2D eigenvalue weighted by Crippen LogP contribution is 2.29. The molecule has 2 aromatic rings. The largest absolute Gasteiger partial charge is 0.545 e. The van der Waals surface area contributed by atoms with Gasteiger partial charge in [-0.1, -0.05) is 12.1 Å². The first-order valence-corrected chi connectivity index (χ1v) is 7.29. The summed E-state index contributed by atoms with van der Waals surface area (Å²) >= 11 is 1.47. The zero-order valence-corrected chi connectivity index (χ0v) is 12.5. The molecule has 2 aromatic carbocycles. The number of benzene rings is 2. The topological polar surface area (TPSA) is 93.1 Å². The van der Waals surface area contributed by atoms with Gasteiger partial charge in [-0.2, -0.15) is 0 Å². The molecule has 6 nitrogen and oxygen atoms in total. The van der Waals surface area contributed by atoms with E-state index in [-0.39, 0.29) is 16.5 Å². The van der Waals surface area contributed by atoms with Gasteiger partial charge in [0.2, 0.25) is 0 Å². The van der Waals surface area contributed by atoms with Crippen LogP contribution in [0.5, 0.6) is 5.75 Å². The minimum Gasteiger partial charge on any atom is -0.545 e. The third-order valence-electron chi connectivity index (χ3n) is 2.99. The maximum atomic E-state index is 10.8. The van der Waals surface area contributed by atoms with Gasteiger partial charge in [-0.15, -0.1) is 17.0 Å². The number of carbonyl (C=O) groups is 1. The van der Waals surface area contributed by atoms with E-state index < -0.39 is 5.97 Å². The first-order chi connectivity index (χ1) is 10.5. The summed E-state index contributed by atoms with van der Waals surface area (Å²) < 4.78 is 5.07. The molecule has 0 aliphatic carbocycles. The summed E-state index contributed by atoms with van der Waals surface area (Å²) in [5.74, 6) is -0.190. The Labute approximate surface area is 131 Å². The first kappa shape index (κ1) is 16.2. The molecule has 0 spiro atoms. The fourth-order valence-corrected chi connectivity index (χ4v) is 2.73. The van der Waals surface area contributed by atoms with Gasteiger partial charge >= 0.3 is 0 Å². The minimum atomic E-state index is -1.38. The molecule has 0 fully saturated rings. The Morgan fingerprint density at radius 2 is 1.91 bits per heavy atom. The Bertz CT molecular complexity index is 657. The van der Waals surface area contributed by atoms with Crippen molar-refractivity contribution in [3.8, 4) is 5.75 Å². The smallest absolute Gasteiger partial charge is 0.118 e. The van der Waals surface area contributed by atoms with Crippen LogP contribution < -0.4 is 15.1 Å². The maximum Gasteiger partial charge on any atom is 0.118 e. The fourth-order valence-electron chi connectivity index (χ4n) is 1.83. The number of ether oxygens (including phenoxy) is 1. The maximum absolute atomic E-state index is 10.8. The minimum absolute atomic E-state index is 0.00251. The molecule has 0 bridgehead atoms. The molecule has 0 saturated carbocycles. The third kappa shape index (κ3) is 3.91. The summed E-state index contributed by atoms with van der Waals surface area (Å²) in [6.07, 6.45) is 0. The van der Waals surface area contributed by atoms with Crippen LogP contribution in [0.15, 0.2) is 47.4 Å². The van der Waals surface area contributed by atoms with Crippen LogP contribution in [0.2, 0.25) is 0 Å². The first-order valence-electron chi connectivity index (χ1n) is 6.30. The van der Waals surface area contributed by atoms with E-state index in [2.05, 4.69) is 0 Å². The standard InChI is InChI=1S/C15H15NO5S/c1-21-12-4-6-13(7-5-12)22-9-11-3-2-10(15(17)18)8-14(11)16(19)20/h2-8,19-20H,9H2,1H3,(H,17,18)/p-1. The van der Waals surface area contributed by atoms with Crippen molar-refractivity contribution in [2.24, 2.45) is 0 Å². The summed E-state index contributed by atoms with van der Waals surface area (Å²) in [5, 5.41) is 29.2. The summed E-state index contributed by atoms with van der Waals surface area (Å²) in [4.78, 5) is 11.8. The quantitative estimate of drug-likeness (QED) is 0.620. The summed E-state index contributed by atoms with van der Waals surface area (Å²) in [6.45, 7) is 0. The molecule has 7 heteroatoms. The van der Waals surface area contributed by atoms with Gasteiger partial charge in [-0.05, 0) is 41.5 Å². The van der Waals surface area contributed by atoms with Gasteiger partial charge in [0.15, 0.2) is 0 Å². The van der Waals surface area contributed by atoms with E-state index >= 15 is 0 Å². The van der Waals surface area contributed by atoms with Crippen molar-refractivity contribution in [3.63, 3.8) is 0 Å². The average Bonchev–Trinajstić information content (AvgIpc) is 2.53. The molecule has 0 aliphatic rings. The van der Waals surface area contributed by atoms with Gasteiger partial charge in [0.1, 0.15) is 5.75 Å². The van der Waals surface area contributed by atoms with Gasteiger partial charge in [-0.3, -0.25) is 10.4 Å². The number of nitrogens with zero attached hydrogens (tertiary/aromatic N) is 1. The number of carboxylic acid groups (broad SMARTS) is 1. The van der Waals surface area contributed by atoms with E-state index in [4.69, 9.17) is 4.74 Å². The van der Waals surface area contributed by atoms with Crippen LogP contribution in [-0.2, 0) is 5.75 Å². The van der Waals surface area contributed by atoms with Gasteiger partial charge < -0.3 is 14.6 Å². The molecule has 116 valence electrons. The number of rotatable bonds is 6. The van der Waals surface area contributed by atoms with E-state index in [9.17, 15) is 20.3 Å². The lowest BCUT2D eigenvalue weighted by atomic mass is 10.1. The molecule has 0 aliphatic heterocycles. The van der Waals surface area contributed by atoms with Crippen LogP contribution in [0.4, 0.5) is 5.69 Å². The normalized spacial score (nSPS) is 10.3. The van der Waals surface area contributed by atoms with Crippen molar-refractivity contribution in [1.82, 2.24) is 0 Å². The van der Waals surface area contributed by atoms with Crippen LogP contribution in [-0.4, -0.2) is 23.5 Å². The van der Waals surface area contributed by atoms with Gasteiger partial charge in [0, 0.05) is 10.6 Å². The van der Waals surface area contributed by atoms with Crippen LogP contribution in [0, 0.1) is 0 Å². The second-order valence-electron chi connectivity index (χ2n) is 4.38. The van der Waals surface area contributed by atoms with Crippen LogP contribution >= 0.6 is 11.8 Å². The van der Waals surface area contributed by atoms with Crippen molar-refractivity contribution >= 4 is 23.4 Å². The molecule has 2 rings (SSSR count). The number of hydrogen-bond donors (Lipinski definition) is 2. The predicted octanol–water partition coefficient (Wildman–Crippen LogP) is 1.94. The van der Waals surface area contributed by atoms with Gasteiger partial charge in [0.05, 0.1) is 18.8 Å². The van der Waals surface area contributed by atoms with Gasteiger partial charge in [0.25, 0.3) is 0 Å².